The predicted molar refractivity (Wildman–Crippen MR) is 91.3 cm³/mol. The molecule has 1 fully saturated rings. The lowest BCUT2D eigenvalue weighted by molar-refractivity contribution is 0.174. The van der Waals surface area contributed by atoms with E-state index in [0.29, 0.717) is 16.7 Å². The molecule has 1 atom stereocenters. The fraction of sp³-hybridized carbons (Fsp3) is 0.263. The van der Waals surface area contributed by atoms with Crippen molar-refractivity contribution in [2.24, 2.45) is 0 Å². The standard InChI is InChI=1S/C19H15F2N3O2/c20-13-7-12-15(8-14(13)21)22-9-23-19(12)24-5-1-2-16(24)11-3-4-17-18(6-11)26-10-25-17/h3-4,6-9,16H,1-2,5,10H2. The summed E-state index contributed by atoms with van der Waals surface area (Å²) in [5.74, 6) is 0.288. The molecule has 0 saturated carbocycles. The maximum atomic E-state index is 13.8. The van der Waals surface area contributed by atoms with Crippen LogP contribution in [0.1, 0.15) is 24.4 Å². The molecule has 0 amide bonds. The number of fused-ring (bicyclic) bond motifs is 2. The second-order valence-electron chi connectivity index (χ2n) is 6.44. The lowest BCUT2D eigenvalue weighted by Crippen LogP contribution is -2.24. The van der Waals surface area contributed by atoms with Gasteiger partial charge in [-0.15, -0.1) is 0 Å². The number of rotatable bonds is 2. The highest BCUT2D eigenvalue weighted by atomic mass is 19.2. The molecule has 1 aromatic heterocycles. The third-order valence-electron chi connectivity index (χ3n) is 4.96. The average molecular weight is 355 g/mol. The molecule has 5 nitrogen and oxygen atoms in total. The van der Waals surface area contributed by atoms with Gasteiger partial charge in [-0.2, -0.15) is 0 Å². The summed E-state index contributed by atoms with van der Waals surface area (Å²) in [5, 5.41) is 0.513. The first-order chi connectivity index (χ1) is 12.7. The minimum atomic E-state index is -0.907. The van der Waals surface area contributed by atoms with Crippen LogP contribution in [0.25, 0.3) is 10.9 Å². The van der Waals surface area contributed by atoms with Gasteiger partial charge >= 0.3 is 0 Å². The van der Waals surface area contributed by atoms with E-state index < -0.39 is 11.6 Å². The van der Waals surface area contributed by atoms with E-state index in [1.54, 1.807) is 0 Å². The van der Waals surface area contributed by atoms with Crippen LogP contribution in [0.15, 0.2) is 36.7 Å². The molecule has 1 saturated heterocycles. The molecule has 26 heavy (non-hydrogen) atoms. The van der Waals surface area contributed by atoms with Crippen molar-refractivity contribution < 1.29 is 18.3 Å². The van der Waals surface area contributed by atoms with E-state index in [9.17, 15) is 8.78 Å². The first-order valence-corrected chi connectivity index (χ1v) is 8.46. The van der Waals surface area contributed by atoms with Gasteiger partial charge < -0.3 is 14.4 Å². The van der Waals surface area contributed by atoms with Gasteiger partial charge in [0.25, 0.3) is 0 Å². The second kappa shape index (κ2) is 5.79. The van der Waals surface area contributed by atoms with Gasteiger partial charge in [0.2, 0.25) is 6.79 Å². The Morgan fingerprint density at radius 3 is 2.77 bits per heavy atom. The van der Waals surface area contributed by atoms with E-state index in [2.05, 4.69) is 14.9 Å². The van der Waals surface area contributed by atoms with Crippen molar-refractivity contribution in [3.63, 3.8) is 0 Å². The number of benzene rings is 2. The molecular weight excluding hydrogens is 340 g/mol. The molecule has 0 bridgehead atoms. The number of nitrogens with zero attached hydrogens (tertiary/aromatic N) is 3. The summed E-state index contributed by atoms with van der Waals surface area (Å²) < 4.78 is 38.2. The van der Waals surface area contributed by atoms with Crippen molar-refractivity contribution in [3.8, 4) is 11.5 Å². The number of hydrogen-bond donors (Lipinski definition) is 0. The smallest absolute Gasteiger partial charge is 0.231 e. The van der Waals surface area contributed by atoms with Crippen LogP contribution in [0.2, 0.25) is 0 Å². The molecule has 2 aromatic carbocycles. The summed E-state index contributed by atoms with van der Waals surface area (Å²) in [5.41, 5.74) is 1.48. The Hall–Kier alpha value is -2.96. The molecule has 0 spiro atoms. The van der Waals surface area contributed by atoms with E-state index in [1.165, 1.54) is 12.4 Å². The first kappa shape index (κ1) is 15.3. The minimum absolute atomic E-state index is 0.0794. The zero-order valence-electron chi connectivity index (χ0n) is 13.8. The molecular formula is C19H15F2N3O2. The topological polar surface area (TPSA) is 47.5 Å². The van der Waals surface area contributed by atoms with Crippen LogP contribution in [0.5, 0.6) is 11.5 Å². The van der Waals surface area contributed by atoms with Crippen LogP contribution in [-0.4, -0.2) is 23.3 Å². The molecule has 3 heterocycles. The highest BCUT2D eigenvalue weighted by Gasteiger charge is 2.30. The van der Waals surface area contributed by atoms with E-state index in [-0.39, 0.29) is 12.8 Å². The van der Waals surface area contributed by atoms with Crippen molar-refractivity contribution in [2.75, 3.05) is 18.2 Å². The van der Waals surface area contributed by atoms with Crippen LogP contribution in [0.4, 0.5) is 14.6 Å². The minimum Gasteiger partial charge on any atom is -0.454 e. The van der Waals surface area contributed by atoms with Crippen LogP contribution in [0.3, 0.4) is 0 Å². The number of hydrogen-bond acceptors (Lipinski definition) is 5. The Labute approximate surface area is 148 Å². The molecule has 1 unspecified atom stereocenters. The Kier molecular flexibility index (Phi) is 3.41. The van der Waals surface area contributed by atoms with Crippen LogP contribution >= 0.6 is 0 Å². The van der Waals surface area contributed by atoms with Gasteiger partial charge in [0.1, 0.15) is 12.1 Å². The monoisotopic (exact) mass is 355 g/mol. The van der Waals surface area contributed by atoms with Gasteiger partial charge in [-0.25, -0.2) is 18.7 Å². The Morgan fingerprint density at radius 2 is 1.85 bits per heavy atom. The third-order valence-corrected chi connectivity index (χ3v) is 4.96. The van der Waals surface area contributed by atoms with Gasteiger partial charge in [-0.1, -0.05) is 6.07 Å². The fourth-order valence-corrected chi connectivity index (χ4v) is 3.75. The molecule has 2 aliphatic heterocycles. The highest BCUT2D eigenvalue weighted by Crippen LogP contribution is 2.41. The van der Waals surface area contributed by atoms with Gasteiger partial charge in [-0.05, 0) is 36.6 Å². The molecule has 7 heteroatoms. The second-order valence-corrected chi connectivity index (χ2v) is 6.44. The van der Waals surface area contributed by atoms with Crippen LogP contribution in [-0.2, 0) is 0 Å². The van der Waals surface area contributed by atoms with E-state index >= 15 is 0 Å². The van der Waals surface area contributed by atoms with Crippen LogP contribution < -0.4 is 14.4 Å². The third kappa shape index (κ3) is 2.34. The van der Waals surface area contributed by atoms with Gasteiger partial charge in [0.15, 0.2) is 23.1 Å². The number of halogens is 2. The summed E-state index contributed by atoms with van der Waals surface area (Å²) in [6.07, 6.45) is 3.31. The molecule has 0 aliphatic carbocycles. The normalized spacial score (nSPS) is 18.7. The molecule has 0 N–H and O–H groups in total. The number of anilines is 1. The molecule has 0 radical (unpaired) electrons. The molecule has 3 aromatic rings. The number of aromatic nitrogens is 2. The zero-order valence-corrected chi connectivity index (χ0v) is 13.8. The van der Waals surface area contributed by atoms with E-state index in [1.807, 2.05) is 18.2 Å². The lowest BCUT2D eigenvalue weighted by Gasteiger charge is -2.27. The SMILES string of the molecule is Fc1cc2ncnc(N3CCCC3c3ccc4c(c3)OCO4)c2cc1F. The summed E-state index contributed by atoms with van der Waals surface area (Å²) in [4.78, 5) is 10.6. The Balaban J connectivity index is 1.59. The van der Waals surface area contributed by atoms with Crippen molar-refractivity contribution in [1.82, 2.24) is 9.97 Å². The number of ether oxygens (including phenoxy) is 2. The molecule has 132 valence electrons. The maximum Gasteiger partial charge on any atom is 0.231 e. The van der Waals surface area contributed by atoms with Gasteiger partial charge in [-0.3, -0.25) is 0 Å². The lowest BCUT2D eigenvalue weighted by atomic mass is 10.0. The zero-order chi connectivity index (χ0) is 17.7. The van der Waals surface area contributed by atoms with Crippen molar-refractivity contribution in [3.05, 3.63) is 53.9 Å². The van der Waals surface area contributed by atoms with Crippen molar-refractivity contribution >= 4 is 16.7 Å². The summed E-state index contributed by atoms with van der Waals surface area (Å²) in [6.45, 7) is 1.01. The Morgan fingerprint density at radius 1 is 1.00 bits per heavy atom. The van der Waals surface area contributed by atoms with Crippen LogP contribution in [0, 0.1) is 11.6 Å². The summed E-state index contributed by atoms with van der Waals surface area (Å²) >= 11 is 0. The van der Waals surface area contributed by atoms with E-state index in [0.717, 1.165) is 42.5 Å². The summed E-state index contributed by atoms with van der Waals surface area (Å²) in [6, 6.07) is 8.27. The fourth-order valence-electron chi connectivity index (χ4n) is 3.75. The molecule has 2 aliphatic rings. The average Bonchev–Trinajstić information content (AvgIpc) is 3.30. The quantitative estimate of drug-likeness (QED) is 0.696. The van der Waals surface area contributed by atoms with Crippen molar-refractivity contribution in [1.29, 1.82) is 0 Å². The summed E-state index contributed by atoms with van der Waals surface area (Å²) in [7, 11) is 0. The largest absolute Gasteiger partial charge is 0.454 e. The maximum absolute atomic E-state index is 13.8. The predicted octanol–water partition coefficient (Wildman–Crippen LogP) is 3.98. The molecule has 5 rings (SSSR count). The van der Waals surface area contributed by atoms with Gasteiger partial charge in [0, 0.05) is 18.0 Å². The Bertz CT molecular complexity index is 1010. The first-order valence-electron chi connectivity index (χ1n) is 8.46. The van der Waals surface area contributed by atoms with Crippen molar-refractivity contribution in [2.45, 2.75) is 18.9 Å². The van der Waals surface area contributed by atoms with E-state index in [4.69, 9.17) is 9.47 Å². The van der Waals surface area contributed by atoms with Gasteiger partial charge in [0.05, 0.1) is 11.6 Å². The highest BCUT2D eigenvalue weighted by molar-refractivity contribution is 5.89.